The molecule has 0 aromatic carbocycles. The van der Waals surface area contributed by atoms with Crippen molar-refractivity contribution >= 4 is 27.6 Å². The third-order valence-corrected chi connectivity index (χ3v) is 4.10. The van der Waals surface area contributed by atoms with Crippen LogP contribution in [-0.2, 0) is 9.84 Å². The molecule has 0 saturated heterocycles. The normalized spacial score (nSPS) is 14.2. The van der Waals surface area contributed by atoms with E-state index in [9.17, 15) is 8.42 Å². The first-order chi connectivity index (χ1) is 8.89. The maximum atomic E-state index is 11.1. The molecule has 0 aromatic rings. The first-order valence-electron chi connectivity index (χ1n) is 6.60. The fraction of sp³-hybridized carbons (Fsp3) is 0.917. The summed E-state index contributed by atoms with van der Waals surface area (Å²) in [6.45, 7) is 5.57. The quantitative estimate of drug-likeness (QED) is 0.379. The van der Waals surface area contributed by atoms with Gasteiger partial charge in [-0.15, -0.1) is 0 Å². The molecule has 0 heterocycles. The van der Waals surface area contributed by atoms with Crippen molar-refractivity contribution in [3.63, 3.8) is 0 Å². The van der Waals surface area contributed by atoms with Crippen LogP contribution < -0.4 is 10.6 Å². The van der Waals surface area contributed by atoms with Crippen LogP contribution in [0.3, 0.4) is 0 Å². The molecule has 0 radical (unpaired) electrons. The Morgan fingerprint density at radius 1 is 1.42 bits per heavy atom. The molecule has 7 heteroatoms. The molecule has 0 saturated carbocycles. The van der Waals surface area contributed by atoms with Gasteiger partial charge in [0.25, 0.3) is 0 Å². The molecule has 2 N–H and O–H groups in total. The van der Waals surface area contributed by atoms with Gasteiger partial charge in [0.1, 0.15) is 9.84 Å². The first-order valence-corrected chi connectivity index (χ1v) is 10.1. The van der Waals surface area contributed by atoms with Gasteiger partial charge >= 0.3 is 0 Å². The summed E-state index contributed by atoms with van der Waals surface area (Å²) in [5.74, 6) is 2.07. The van der Waals surface area contributed by atoms with Gasteiger partial charge < -0.3 is 10.6 Å². The Kier molecular flexibility index (Phi) is 10.1. The summed E-state index contributed by atoms with van der Waals surface area (Å²) in [6.07, 6.45) is 4.99. The Morgan fingerprint density at radius 2 is 2.11 bits per heavy atom. The molecule has 19 heavy (non-hydrogen) atoms. The van der Waals surface area contributed by atoms with Gasteiger partial charge in [-0.05, 0) is 38.7 Å². The fourth-order valence-electron chi connectivity index (χ4n) is 1.42. The number of thioether (sulfide) groups is 1. The van der Waals surface area contributed by atoms with Crippen LogP contribution in [0.1, 0.15) is 26.7 Å². The second-order valence-corrected chi connectivity index (χ2v) is 7.82. The van der Waals surface area contributed by atoms with Crippen molar-refractivity contribution in [2.75, 3.05) is 37.1 Å². The van der Waals surface area contributed by atoms with Crippen LogP contribution in [0.15, 0.2) is 4.99 Å². The van der Waals surface area contributed by atoms with Crippen molar-refractivity contribution in [2.45, 2.75) is 32.7 Å². The Morgan fingerprint density at radius 3 is 2.63 bits per heavy atom. The van der Waals surface area contributed by atoms with Crippen molar-refractivity contribution in [1.29, 1.82) is 0 Å². The van der Waals surface area contributed by atoms with E-state index in [4.69, 9.17) is 0 Å². The molecule has 114 valence electrons. The van der Waals surface area contributed by atoms with Gasteiger partial charge in [0, 0.05) is 25.4 Å². The van der Waals surface area contributed by atoms with Gasteiger partial charge in [-0.2, -0.15) is 11.8 Å². The minimum absolute atomic E-state index is 0.0908. The Balaban J connectivity index is 4.16. The van der Waals surface area contributed by atoms with Gasteiger partial charge in [0.2, 0.25) is 0 Å². The predicted molar refractivity (Wildman–Crippen MR) is 85.9 cm³/mol. The SMILES string of the molecule is CCNC(=NCCCSC)NC(C)CCS(C)(=O)=O. The molecule has 5 nitrogen and oxygen atoms in total. The van der Waals surface area contributed by atoms with E-state index in [0.29, 0.717) is 6.42 Å². The molecule has 0 aliphatic rings. The van der Waals surface area contributed by atoms with Gasteiger partial charge in [0.05, 0.1) is 5.75 Å². The van der Waals surface area contributed by atoms with Crippen LogP contribution in [0.4, 0.5) is 0 Å². The van der Waals surface area contributed by atoms with Gasteiger partial charge in [-0.1, -0.05) is 0 Å². The summed E-state index contributed by atoms with van der Waals surface area (Å²) in [5.41, 5.74) is 0. The maximum Gasteiger partial charge on any atom is 0.191 e. The van der Waals surface area contributed by atoms with Crippen LogP contribution in [0.5, 0.6) is 0 Å². The smallest absolute Gasteiger partial charge is 0.191 e. The van der Waals surface area contributed by atoms with Crippen LogP contribution in [0.25, 0.3) is 0 Å². The summed E-state index contributed by atoms with van der Waals surface area (Å²) in [6, 6.07) is 0.0908. The number of rotatable bonds is 9. The average Bonchev–Trinajstić information content (AvgIpc) is 2.31. The number of nitrogens with zero attached hydrogens (tertiary/aromatic N) is 1. The minimum atomic E-state index is -2.89. The van der Waals surface area contributed by atoms with Crippen LogP contribution in [-0.4, -0.2) is 57.5 Å². The highest BCUT2D eigenvalue weighted by Gasteiger charge is 2.09. The summed E-state index contributed by atoms with van der Waals surface area (Å²) in [7, 11) is -2.89. The predicted octanol–water partition coefficient (Wildman–Crippen LogP) is 1.12. The molecular formula is C12H27N3O2S2. The molecule has 0 rings (SSSR count). The topological polar surface area (TPSA) is 70.6 Å². The van der Waals surface area contributed by atoms with E-state index in [1.54, 1.807) is 0 Å². The van der Waals surface area contributed by atoms with Gasteiger partial charge in [-0.3, -0.25) is 4.99 Å². The number of hydrogen-bond acceptors (Lipinski definition) is 4. The molecule has 0 aliphatic carbocycles. The van der Waals surface area contributed by atoms with E-state index < -0.39 is 9.84 Å². The maximum absolute atomic E-state index is 11.1. The Bertz CT molecular complexity index is 356. The number of hydrogen-bond donors (Lipinski definition) is 2. The van der Waals surface area contributed by atoms with Crippen molar-refractivity contribution in [2.24, 2.45) is 4.99 Å². The van der Waals surface area contributed by atoms with Crippen molar-refractivity contribution in [3.8, 4) is 0 Å². The largest absolute Gasteiger partial charge is 0.357 e. The lowest BCUT2D eigenvalue weighted by Crippen LogP contribution is -2.42. The highest BCUT2D eigenvalue weighted by molar-refractivity contribution is 7.98. The zero-order chi connectivity index (χ0) is 14.7. The second kappa shape index (κ2) is 10.4. The molecule has 1 unspecified atom stereocenters. The lowest BCUT2D eigenvalue weighted by atomic mass is 10.3. The van der Waals surface area contributed by atoms with Crippen molar-refractivity contribution in [1.82, 2.24) is 10.6 Å². The molecule has 0 aliphatic heterocycles. The Labute approximate surface area is 121 Å². The second-order valence-electron chi connectivity index (χ2n) is 4.57. The standard InChI is InChI=1S/C12H27N3O2S2/c1-5-13-12(14-8-6-9-18-3)15-11(2)7-10-19(4,16)17/h11H,5-10H2,1-4H3,(H2,13,14,15). The summed E-state index contributed by atoms with van der Waals surface area (Å²) >= 11 is 1.81. The number of guanidine groups is 1. The number of aliphatic imine (C=N–C) groups is 1. The first kappa shape index (κ1) is 18.6. The van der Waals surface area contributed by atoms with E-state index in [2.05, 4.69) is 21.9 Å². The molecular weight excluding hydrogens is 282 g/mol. The fourth-order valence-corrected chi connectivity index (χ4v) is 2.62. The third kappa shape index (κ3) is 12.4. The van der Waals surface area contributed by atoms with Gasteiger partial charge in [0.15, 0.2) is 5.96 Å². The molecule has 0 aromatic heterocycles. The van der Waals surface area contributed by atoms with E-state index in [1.165, 1.54) is 6.26 Å². The summed E-state index contributed by atoms with van der Waals surface area (Å²) in [4.78, 5) is 4.47. The van der Waals surface area contributed by atoms with E-state index in [1.807, 2.05) is 25.6 Å². The highest BCUT2D eigenvalue weighted by Crippen LogP contribution is 1.97. The zero-order valence-corrected chi connectivity index (χ0v) is 14.0. The van der Waals surface area contributed by atoms with E-state index in [-0.39, 0.29) is 11.8 Å². The average molecular weight is 310 g/mol. The molecule has 0 fully saturated rings. The third-order valence-electron chi connectivity index (χ3n) is 2.43. The lowest BCUT2D eigenvalue weighted by molar-refractivity contribution is 0.581. The molecule has 0 amide bonds. The van der Waals surface area contributed by atoms with Crippen LogP contribution in [0, 0.1) is 0 Å². The number of sulfone groups is 1. The van der Waals surface area contributed by atoms with E-state index >= 15 is 0 Å². The molecule has 1 atom stereocenters. The van der Waals surface area contributed by atoms with Crippen molar-refractivity contribution < 1.29 is 8.42 Å². The van der Waals surface area contributed by atoms with Crippen LogP contribution in [0.2, 0.25) is 0 Å². The number of nitrogens with one attached hydrogen (secondary N) is 2. The summed E-state index contributed by atoms with van der Waals surface area (Å²) in [5, 5.41) is 6.41. The Hall–Kier alpha value is -0.430. The monoisotopic (exact) mass is 309 g/mol. The van der Waals surface area contributed by atoms with Crippen molar-refractivity contribution in [3.05, 3.63) is 0 Å². The molecule has 0 bridgehead atoms. The summed E-state index contributed by atoms with van der Waals surface area (Å²) < 4.78 is 22.2. The van der Waals surface area contributed by atoms with Crippen LogP contribution >= 0.6 is 11.8 Å². The zero-order valence-electron chi connectivity index (χ0n) is 12.4. The molecule has 0 spiro atoms. The lowest BCUT2D eigenvalue weighted by Gasteiger charge is -2.17. The van der Waals surface area contributed by atoms with Gasteiger partial charge in [-0.25, -0.2) is 8.42 Å². The minimum Gasteiger partial charge on any atom is -0.357 e. The highest BCUT2D eigenvalue weighted by atomic mass is 32.2. The van der Waals surface area contributed by atoms with E-state index in [0.717, 1.165) is 31.2 Å².